The van der Waals surface area contributed by atoms with E-state index in [4.69, 9.17) is 4.74 Å². The molecule has 1 heterocycles. The van der Waals surface area contributed by atoms with E-state index in [9.17, 15) is 0 Å². The summed E-state index contributed by atoms with van der Waals surface area (Å²) in [7, 11) is 0. The average molecular weight is 421 g/mol. The molecule has 1 aliphatic heterocycles. The molecule has 154 valence electrons. The van der Waals surface area contributed by atoms with Crippen LogP contribution in [0.5, 0.6) is 11.5 Å². The Balaban J connectivity index is 1.45. The van der Waals surface area contributed by atoms with Gasteiger partial charge in [-0.2, -0.15) is 0 Å². The molecule has 0 atom stereocenters. The molecule has 0 aromatic heterocycles. The lowest BCUT2D eigenvalue weighted by Crippen LogP contribution is -1.88. The molecule has 0 radical (unpaired) electrons. The normalized spacial score (nSPS) is 11.9. The average Bonchev–Trinajstić information content (AvgIpc) is 3.02. The summed E-state index contributed by atoms with van der Waals surface area (Å²) in [4.78, 5) is 0. The third-order valence-corrected chi connectivity index (χ3v) is 6.67. The second-order valence-electron chi connectivity index (χ2n) is 8.58. The van der Waals surface area contributed by atoms with E-state index in [1.54, 1.807) is 0 Å². The standard InChI is InChI=1S/C32H20O/c1-2-8-25-21(7-1)13-14-22-15-16-23(19-29(22)25)24-17-18-32-30(20-24)27-10-4-3-9-26(27)28-11-5-6-12-31(28)33-32/h1-20H. The summed E-state index contributed by atoms with van der Waals surface area (Å²) in [6, 6.07) is 43.2. The molecular formula is C32H20O. The second-order valence-corrected chi connectivity index (χ2v) is 8.58. The maximum Gasteiger partial charge on any atom is 0.135 e. The predicted molar refractivity (Wildman–Crippen MR) is 138 cm³/mol. The van der Waals surface area contributed by atoms with Crippen LogP contribution in [-0.2, 0) is 0 Å². The van der Waals surface area contributed by atoms with Crippen LogP contribution in [0, 0.1) is 0 Å². The van der Waals surface area contributed by atoms with Gasteiger partial charge in [-0.3, -0.25) is 0 Å². The number of fused-ring (bicyclic) bond motifs is 8. The van der Waals surface area contributed by atoms with Gasteiger partial charge in [-0.1, -0.05) is 97.1 Å². The van der Waals surface area contributed by atoms with Crippen molar-refractivity contribution in [2.75, 3.05) is 0 Å². The second kappa shape index (κ2) is 7.08. The molecule has 0 unspecified atom stereocenters. The van der Waals surface area contributed by atoms with Crippen molar-refractivity contribution in [3.63, 3.8) is 0 Å². The van der Waals surface area contributed by atoms with Gasteiger partial charge in [-0.05, 0) is 68.1 Å². The first-order valence-corrected chi connectivity index (χ1v) is 11.3. The molecule has 0 N–H and O–H groups in total. The maximum absolute atomic E-state index is 6.40. The number of rotatable bonds is 1. The summed E-state index contributed by atoms with van der Waals surface area (Å²) in [5, 5.41) is 5.10. The van der Waals surface area contributed by atoms with Crippen LogP contribution >= 0.6 is 0 Å². The molecule has 1 heteroatoms. The first-order chi connectivity index (χ1) is 16.3. The van der Waals surface area contributed by atoms with E-state index in [-0.39, 0.29) is 0 Å². The topological polar surface area (TPSA) is 9.23 Å². The Hall–Kier alpha value is -4.36. The van der Waals surface area contributed by atoms with Crippen molar-refractivity contribution < 1.29 is 4.74 Å². The highest BCUT2D eigenvalue weighted by atomic mass is 16.5. The highest BCUT2D eigenvalue weighted by Gasteiger charge is 2.20. The number of hydrogen-bond donors (Lipinski definition) is 0. The minimum Gasteiger partial charge on any atom is -0.456 e. The molecule has 0 amide bonds. The van der Waals surface area contributed by atoms with Crippen LogP contribution in [0.2, 0.25) is 0 Å². The molecule has 0 saturated heterocycles. The summed E-state index contributed by atoms with van der Waals surface area (Å²) in [5.41, 5.74) is 7.05. The maximum atomic E-state index is 6.40. The Kier molecular flexibility index (Phi) is 3.91. The van der Waals surface area contributed by atoms with E-state index >= 15 is 0 Å². The molecule has 0 fully saturated rings. The molecule has 6 aromatic rings. The SMILES string of the molecule is c1ccc2c(c1)Oc1ccc(-c3ccc4ccc5ccccc5c4c3)cc1-c1ccccc1-2. The van der Waals surface area contributed by atoms with E-state index in [1.165, 1.54) is 43.8 Å². The predicted octanol–water partition coefficient (Wildman–Crippen LogP) is 9.10. The van der Waals surface area contributed by atoms with Crippen LogP contribution in [-0.4, -0.2) is 0 Å². The van der Waals surface area contributed by atoms with Gasteiger partial charge in [-0.25, -0.2) is 0 Å². The van der Waals surface area contributed by atoms with Crippen LogP contribution in [0.1, 0.15) is 0 Å². The highest BCUT2D eigenvalue weighted by Crippen LogP contribution is 2.47. The number of para-hydroxylation sites is 1. The van der Waals surface area contributed by atoms with E-state index in [2.05, 4.69) is 109 Å². The van der Waals surface area contributed by atoms with Crippen LogP contribution in [0.4, 0.5) is 0 Å². The molecule has 7 rings (SSSR count). The molecule has 33 heavy (non-hydrogen) atoms. The largest absolute Gasteiger partial charge is 0.456 e. The van der Waals surface area contributed by atoms with Gasteiger partial charge in [0.25, 0.3) is 0 Å². The Morgan fingerprint density at radius 3 is 1.82 bits per heavy atom. The van der Waals surface area contributed by atoms with Gasteiger partial charge < -0.3 is 4.74 Å². The first-order valence-electron chi connectivity index (χ1n) is 11.3. The Morgan fingerprint density at radius 1 is 0.364 bits per heavy atom. The van der Waals surface area contributed by atoms with Gasteiger partial charge in [-0.15, -0.1) is 0 Å². The Labute approximate surface area is 192 Å². The van der Waals surface area contributed by atoms with E-state index in [1.807, 2.05) is 12.1 Å². The summed E-state index contributed by atoms with van der Waals surface area (Å²) in [6.07, 6.45) is 0. The summed E-state index contributed by atoms with van der Waals surface area (Å²) in [6.45, 7) is 0. The zero-order valence-electron chi connectivity index (χ0n) is 18.0. The van der Waals surface area contributed by atoms with Gasteiger partial charge in [0, 0.05) is 11.1 Å². The number of hydrogen-bond acceptors (Lipinski definition) is 1. The van der Waals surface area contributed by atoms with Crippen molar-refractivity contribution in [3.05, 3.63) is 121 Å². The molecule has 1 nitrogen and oxygen atoms in total. The smallest absolute Gasteiger partial charge is 0.135 e. The van der Waals surface area contributed by atoms with Crippen LogP contribution in [0.3, 0.4) is 0 Å². The fraction of sp³-hybridized carbons (Fsp3) is 0. The monoisotopic (exact) mass is 420 g/mol. The van der Waals surface area contributed by atoms with Crippen LogP contribution < -0.4 is 4.74 Å². The molecule has 0 bridgehead atoms. The van der Waals surface area contributed by atoms with Crippen molar-refractivity contribution in [1.82, 2.24) is 0 Å². The minimum atomic E-state index is 0.891. The molecule has 0 aliphatic carbocycles. The molecule has 6 aromatic carbocycles. The van der Waals surface area contributed by atoms with E-state index in [0.29, 0.717) is 0 Å². The van der Waals surface area contributed by atoms with Crippen molar-refractivity contribution in [2.45, 2.75) is 0 Å². The summed E-state index contributed by atoms with van der Waals surface area (Å²) < 4.78 is 6.40. The van der Waals surface area contributed by atoms with Gasteiger partial charge in [0.15, 0.2) is 0 Å². The number of ether oxygens (including phenoxy) is 1. The third kappa shape index (κ3) is 2.86. The number of benzene rings is 6. The lowest BCUT2D eigenvalue weighted by Gasteiger charge is -2.12. The molecule has 0 saturated carbocycles. The fourth-order valence-corrected chi connectivity index (χ4v) is 5.04. The first kappa shape index (κ1) is 18.2. The van der Waals surface area contributed by atoms with E-state index in [0.717, 1.165) is 22.6 Å². The third-order valence-electron chi connectivity index (χ3n) is 6.67. The lowest BCUT2D eigenvalue weighted by molar-refractivity contribution is 0.488. The lowest BCUT2D eigenvalue weighted by atomic mass is 9.92. The van der Waals surface area contributed by atoms with Crippen molar-refractivity contribution in [2.24, 2.45) is 0 Å². The Bertz CT molecular complexity index is 1690. The summed E-state index contributed by atoms with van der Waals surface area (Å²) in [5.74, 6) is 1.79. The van der Waals surface area contributed by atoms with Gasteiger partial charge >= 0.3 is 0 Å². The zero-order chi connectivity index (χ0) is 21.8. The quantitative estimate of drug-likeness (QED) is 0.241. The molecular weight excluding hydrogens is 400 g/mol. The van der Waals surface area contributed by atoms with Crippen LogP contribution in [0.25, 0.3) is 54.9 Å². The van der Waals surface area contributed by atoms with Gasteiger partial charge in [0.1, 0.15) is 11.5 Å². The van der Waals surface area contributed by atoms with Crippen molar-refractivity contribution in [3.8, 4) is 44.9 Å². The van der Waals surface area contributed by atoms with Crippen molar-refractivity contribution in [1.29, 1.82) is 0 Å². The fourth-order valence-electron chi connectivity index (χ4n) is 5.04. The molecule has 0 spiro atoms. The Morgan fingerprint density at radius 2 is 0.939 bits per heavy atom. The van der Waals surface area contributed by atoms with Crippen molar-refractivity contribution >= 4 is 21.5 Å². The van der Waals surface area contributed by atoms with Crippen LogP contribution in [0.15, 0.2) is 121 Å². The highest BCUT2D eigenvalue weighted by molar-refractivity contribution is 6.08. The minimum absolute atomic E-state index is 0.891. The molecule has 1 aliphatic rings. The summed E-state index contributed by atoms with van der Waals surface area (Å²) >= 11 is 0. The van der Waals surface area contributed by atoms with Gasteiger partial charge in [0.05, 0.1) is 0 Å². The van der Waals surface area contributed by atoms with Gasteiger partial charge in [0.2, 0.25) is 0 Å². The van der Waals surface area contributed by atoms with E-state index < -0.39 is 0 Å². The zero-order valence-corrected chi connectivity index (χ0v) is 18.0.